The third kappa shape index (κ3) is 53.0. The molecule has 0 aliphatic rings. The summed E-state index contributed by atoms with van der Waals surface area (Å²) in [7, 11) is -31.7. The maximum atomic E-state index is 15.3. The second-order valence-electron chi connectivity index (χ2n) is 29.3. The van der Waals surface area contributed by atoms with E-state index in [9.17, 15) is 18.3 Å². The van der Waals surface area contributed by atoms with Crippen molar-refractivity contribution in [3.63, 3.8) is 0 Å². The Morgan fingerprint density at radius 3 is 0.269 bits per heavy atom. The lowest BCUT2D eigenvalue weighted by atomic mass is 10.4. The molecule has 672 valence electrons. The number of unbranched alkanes of at least 4 members (excludes halogenated alkanes) is 16. The maximum absolute atomic E-state index is 15.3. The van der Waals surface area contributed by atoms with Gasteiger partial charge in [0.15, 0.2) is 0 Å². The summed E-state index contributed by atoms with van der Waals surface area (Å²) in [5, 5.41) is 0. The Morgan fingerprint density at radius 2 is 0.222 bits per heavy atom. The average Bonchev–Trinajstić information content (AvgIpc) is 0.827. The lowest BCUT2D eigenvalue weighted by Crippen LogP contribution is -2.18. The average molecular weight is 1790 g/mol. The Kier molecular flexibility index (Phi) is 73.7. The number of hydrogen-bond donors (Lipinski definition) is 0. The first-order valence-electron chi connectivity index (χ1n) is 44.1. The van der Waals surface area contributed by atoms with E-state index in [0.717, 1.165) is 344 Å². The molecule has 0 N–H and O–H groups in total. The minimum Gasteiger partial charge on any atom is -0.233 e. The van der Waals surface area contributed by atoms with Crippen molar-refractivity contribution in [3.8, 4) is 0 Å². The molecule has 0 aliphatic carbocycles. The van der Waals surface area contributed by atoms with E-state index in [0.29, 0.717) is 0 Å². The minimum absolute atomic E-state index is 0.753. The molecule has 0 fully saturated rings. The molecule has 0 unspecified atom stereocenters. The maximum Gasteiger partial charge on any atom is 0.532 e. The zero-order valence-corrected chi connectivity index (χ0v) is 85.2. The number of hydrogen-bond acceptors (Lipinski definition) is 12. The van der Waals surface area contributed by atoms with Gasteiger partial charge in [0.1, 0.15) is 0 Å². The summed E-state index contributed by atoms with van der Waals surface area (Å²) in [6, 6.07) is 0. The van der Waals surface area contributed by atoms with E-state index < -0.39 is 114 Å². The normalized spacial score (nSPS) is 14.5. The van der Waals surface area contributed by atoms with Gasteiger partial charge in [-0.25, -0.2) is 50.0 Å². The second-order valence-corrected chi connectivity index (χ2v) is 64.1. The molecule has 28 heteroatoms. The van der Waals surface area contributed by atoms with Crippen LogP contribution in [0.25, 0.3) is 0 Å². The first-order valence-corrected chi connectivity index (χ1v) is 66.4. The van der Waals surface area contributed by atoms with Crippen LogP contribution in [0.2, 0.25) is 0 Å². The molecule has 0 saturated carbocycles. The molecule has 0 amide bonds. The fourth-order valence-electron chi connectivity index (χ4n) is 12.2. The van der Waals surface area contributed by atoms with Gasteiger partial charge in [-0.1, -0.05) is 269 Å². The highest BCUT2D eigenvalue weighted by Crippen LogP contribution is 2.77. The van der Waals surface area contributed by atoms with Gasteiger partial charge >= 0.3 is 31.6 Å². The first kappa shape index (κ1) is 117. The van der Waals surface area contributed by atoms with Crippen LogP contribution in [0, 0.1) is 0 Å². The van der Waals surface area contributed by atoms with Crippen molar-refractivity contribution in [2.75, 3.05) is 138 Å². The summed E-state index contributed by atoms with van der Waals surface area (Å²) >= 11 is 0. The Balaban J connectivity index is -0.000000668. The van der Waals surface area contributed by atoms with Crippen LogP contribution in [-0.4, -0.2) is 138 Å². The third-order valence-corrected chi connectivity index (χ3v) is 60.9. The Hall–Kier alpha value is 3.12. The molecule has 0 saturated heterocycles. The summed E-state index contributed by atoms with van der Waals surface area (Å²) in [5.41, 5.74) is 0. The molecule has 0 heterocycles. The van der Waals surface area contributed by atoms with Crippen molar-refractivity contribution in [2.45, 2.75) is 372 Å². The first-order chi connectivity index (χ1) is 51.1. The fourth-order valence-corrected chi connectivity index (χ4v) is 53.0. The predicted molar refractivity (Wildman–Crippen MR) is 505 cm³/mol. The molecule has 0 aromatic carbocycles. The summed E-state index contributed by atoms with van der Waals surface area (Å²) in [5.74, 6) is 19.3. The lowest BCUT2D eigenvalue weighted by Gasteiger charge is -2.43. The number of halogens is 4. The van der Waals surface area contributed by atoms with Crippen molar-refractivity contribution in [1.29, 1.82) is 0 Å². The van der Waals surface area contributed by atoms with E-state index in [1.807, 2.05) is 0 Å². The zero-order chi connectivity index (χ0) is 83.3. The highest BCUT2D eigenvalue weighted by Gasteiger charge is 2.46. The van der Waals surface area contributed by atoms with Gasteiger partial charge in [0.25, 0.3) is 0 Å². The highest BCUT2D eigenvalue weighted by atomic mass is 32.3. The molecule has 12 nitrogen and oxygen atoms in total. The quantitative estimate of drug-likeness (QED) is 0.0422. The molecular formula is C80H184F4O12P4S8. The molecule has 108 heavy (non-hydrogen) atoms. The van der Waals surface area contributed by atoms with E-state index in [2.05, 4.69) is 166 Å². The smallest absolute Gasteiger partial charge is 0.233 e. The van der Waals surface area contributed by atoms with Crippen molar-refractivity contribution in [1.82, 2.24) is 0 Å². The zero-order valence-electron chi connectivity index (χ0n) is 75.1. The Morgan fingerprint density at radius 1 is 0.157 bits per heavy atom. The minimum atomic E-state index is -4.56. The highest BCUT2D eigenvalue weighted by molar-refractivity contribution is 8.35. The third-order valence-electron chi connectivity index (χ3n) is 20.1. The molecule has 0 aromatic rings. The summed E-state index contributed by atoms with van der Waals surface area (Å²) in [6.45, 7) is 50.5. The SMILES string of the molecule is CCCCS(CC)(CCCC)OP(=O)(F)OS(CC)(CCCC)CCCC.CCCCS(CC)(CCCC)OP(=O)(F)OS(CC)(CCCC)CCCC.CCCCS(CC)(CCCC)OP(=O)(F)OS(CC)(CCCC)CCCC.CCCCS(CC)(CCCC)OP(=O)(F)OS(CC)(CCCC)CCCC. The van der Waals surface area contributed by atoms with E-state index in [1.165, 1.54) is 0 Å². The van der Waals surface area contributed by atoms with Gasteiger partial charge < -0.3 is 0 Å². The molecule has 0 bridgehead atoms. The van der Waals surface area contributed by atoms with Crippen LogP contribution >= 0.6 is 114 Å². The number of rotatable bonds is 72. The van der Waals surface area contributed by atoms with E-state index in [-0.39, 0.29) is 0 Å². The van der Waals surface area contributed by atoms with E-state index in [4.69, 9.17) is 31.8 Å². The van der Waals surface area contributed by atoms with Crippen molar-refractivity contribution < 1.29 is 66.8 Å². The fraction of sp³-hybridized carbons (Fsp3) is 1.00. The molecule has 0 atom stereocenters. The topological polar surface area (TPSA) is 142 Å². The molecule has 0 rings (SSSR count). The predicted octanol–water partition coefficient (Wildman–Crippen LogP) is 35.1. The van der Waals surface area contributed by atoms with Crippen molar-refractivity contribution >= 4 is 114 Å². The van der Waals surface area contributed by atoms with Crippen LogP contribution in [0.15, 0.2) is 0 Å². The van der Waals surface area contributed by atoms with Crippen LogP contribution in [0.5, 0.6) is 0 Å². The summed E-state index contributed by atoms with van der Waals surface area (Å²) < 4.78 is 160. The van der Waals surface area contributed by atoms with Crippen LogP contribution in [0.3, 0.4) is 0 Å². The van der Waals surface area contributed by atoms with Gasteiger partial charge in [0.2, 0.25) is 0 Å². The van der Waals surface area contributed by atoms with Gasteiger partial charge in [0.05, 0.1) is 0 Å². The lowest BCUT2D eigenvalue weighted by molar-refractivity contribution is 0.362. The van der Waals surface area contributed by atoms with Gasteiger partial charge in [-0.2, -0.15) is 0 Å². The Labute approximate surface area is 685 Å². The summed E-state index contributed by atoms with van der Waals surface area (Å²) in [6.07, 6.45) is 32.5. The van der Waals surface area contributed by atoms with Gasteiger partial charge in [-0.3, -0.25) is 0 Å². The molecule has 0 aromatic heterocycles. The van der Waals surface area contributed by atoms with Gasteiger partial charge in [-0.15, -0.1) is 99.3 Å². The van der Waals surface area contributed by atoms with Gasteiger partial charge in [0, 0.05) is 0 Å². The van der Waals surface area contributed by atoms with Crippen LogP contribution < -0.4 is 0 Å². The van der Waals surface area contributed by atoms with Crippen LogP contribution in [-0.2, 0) is 50.0 Å². The van der Waals surface area contributed by atoms with Crippen LogP contribution in [0.4, 0.5) is 16.8 Å². The Bertz CT molecular complexity index is 1800. The van der Waals surface area contributed by atoms with Crippen molar-refractivity contribution in [3.05, 3.63) is 0 Å². The summed E-state index contributed by atoms with van der Waals surface area (Å²) in [4.78, 5) is 0. The van der Waals surface area contributed by atoms with Gasteiger partial charge in [-0.05, 0) is 241 Å². The van der Waals surface area contributed by atoms with E-state index >= 15 is 16.8 Å². The van der Waals surface area contributed by atoms with Crippen LogP contribution in [0.1, 0.15) is 372 Å². The largest absolute Gasteiger partial charge is 0.532 e. The molecule has 0 spiro atoms. The molecular weight excluding hydrogens is 1610 g/mol. The molecule has 0 aliphatic heterocycles. The second kappa shape index (κ2) is 67.7. The van der Waals surface area contributed by atoms with E-state index in [1.54, 1.807) is 0 Å². The standard InChI is InChI=1S/4C20H46FO3PS2/c4*1-7-13-17-26(11-5,18-14-8-2)23-25(21,22)24-27(12-6,19-15-9-3)20-16-10-4/h4*7-20H2,1-6H3. The van der Waals surface area contributed by atoms with Crippen molar-refractivity contribution in [2.24, 2.45) is 0 Å². The molecule has 0 radical (unpaired) electrons. The monoisotopic (exact) mass is 1790 g/mol.